The second-order valence-corrected chi connectivity index (χ2v) is 7.13. The van der Waals surface area contributed by atoms with Crippen LogP contribution in [0.5, 0.6) is 0 Å². The molecule has 138 valence electrons. The molecular weight excluding hydrogens is 292 g/mol. The molecule has 1 aliphatic carbocycles. The van der Waals surface area contributed by atoms with Crippen molar-refractivity contribution in [3.05, 3.63) is 34.9 Å². The first-order chi connectivity index (χ1) is 11.7. The molecular formula is C23H40O. The second kappa shape index (κ2) is 13.5. The number of allylic oxidation sites excluding steroid dienone is 6. The van der Waals surface area contributed by atoms with E-state index in [1.54, 1.807) is 11.1 Å². The quantitative estimate of drug-likeness (QED) is 0.236. The van der Waals surface area contributed by atoms with Crippen LogP contribution in [0.4, 0.5) is 0 Å². The van der Waals surface area contributed by atoms with E-state index in [9.17, 15) is 0 Å². The van der Waals surface area contributed by atoms with Gasteiger partial charge in [0, 0.05) is 6.61 Å². The molecule has 0 aromatic heterocycles. The third-order valence-electron chi connectivity index (χ3n) is 4.98. The van der Waals surface area contributed by atoms with Gasteiger partial charge in [0.1, 0.15) is 0 Å². The van der Waals surface area contributed by atoms with Crippen LogP contribution in [0.3, 0.4) is 0 Å². The molecule has 0 aromatic carbocycles. The summed E-state index contributed by atoms with van der Waals surface area (Å²) in [5.74, 6) is 0. The predicted molar refractivity (Wildman–Crippen MR) is 107 cm³/mol. The lowest BCUT2D eigenvalue weighted by Crippen LogP contribution is -1.95. The van der Waals surface area contributed by atoms with Crippen LogP contribution in [0.25, 0.3) is 0 Å². The molecule has 1 saturated carbocycles. The molecule has 0 amide bonds. The van der Waals surface area contributed by atoms with Gasteiger partial charge in [0.05, 0.1) is 6.10 Å². The van der Waals surface area contributed by atoms with Gasteiger partial charge in [-0.3, -0.25) is 0 Å². The summed E-state index contributed by atoms with van der Waals surface area (Å²) in [5.41, 5.74) is 4.77. The Labute approximate surface area is 151 Å². The largest absolute Gasteiger partial charge is 0.378 e. The van der Waals surface area contributed by atoms with E-state index in [1.807, 2.05) is 0 Å². The summed E-state index contributed by atoms with van der Waals surface area (Å²) in [6.45, 7) is 10.00. The highest BCUT2D eigenvalue weighted by Crippen LogP contribution is 2.23. The van der Waals surface area contributed by atoms with Crippen LogP contribution in [-0.2, 0) is 4.74 Å². The summed E-state index contributed by atoms with van der Waals surface area (Å²) in [7, 11) is 0. The molecule has 0 spiro atoms. The van der Waals surface area contributed by atoms with Gasteiger partial charge in [-0.15, -0.1) is 0 Å². The van der Waals surface area contributed by atoms with Gasteiger partial charge in [-0.25, -0.2) is 0 Å². The minimum atomic E-state index is 0.605. The average Bonchev–Trinajstić information content (AvgIpc) is 3.42. The van der Waals surface area contributed by atoms with Gasteiger partial charge in [0.2, 0.25) is 0 Å². The normalized spacial score (nSPS) is 16.8. The average molecular weight is 333 g/mol. The molecule has 0 saturated heterocycles. The summed E-state index contributed by atoms with van der Waals surface area (Å²) in [5, 5.41) is 0. The van der Waals surface area contributed by atoms with E-state index in [0.29, 0.717) is 6.10 Å². The zero-order chi connectivity index (χ0) is 17.6. The summed E-state index contributed by atoms with van der Waals surface area (Å²) in [6.07, 6.45) is 21.4. The van der Waals surface area contributed by atoms with Gasteiger partial charge < -0.3 is 4.74 Å². The fraction of sp³-hybridized carbons (Fsp3) is 0.739. The Morgan fingerprint density at radius 1 is 0.833 bits per heavy atom. The Hall–Kier alpha value is -0.820. The van der Waals surface area contributed by atoms with Crippen LogP contribution in [0, 0.1) is 0 Å². The minimum absolute atomic E-state index is 0.605. The van der Waals surface area contributed by atoms with Crippen molar-refractivity contribution in [3.8, 4) is 0 Å². The number of unbranched alkanes of at least 4 members (excludes halogenated alkanes) is 1. The van der Waals surface area contributed by atoms with Crippen molar-refractivity contribution in [2.75, 3.05) is 6.61 Å². The third kappa shape index (κ3) is 10.9. The smallest absolute Gasteiger partial charge is 0.0577 e. The first kappa shape index (κ1) is 21.2. The molecule has 0 heterocycles. The molecule has 0 N–H and O–H groups in total. The van der Waals surface area contributed by atoms with E-state index in [1.165, 1.54) is 76.2 Å². The predicted octanol–water partition coefficient (Wildman–Crippen LogP) is 7.54. The van der Waals surface area contributed by atoms with E-state index in [2.05, 4.69) is 45.9 Å². The molecule has 0 aromatic rings. The highest BCUT2D eigenvalue weighted by atomic mass is 16.5. The van der Waals surface area contributed by atoms with Crippen LogP contribution >= 0.6 is 0 Å². The van der Waals surface area contributed by atoms with Crippen molar-refractivity contribution < 1.29 is 4.74 Å². The van der Waals surface area contributed by atoms with Crippen molar-refractivity contribution in [3.63, 3.8) is 0 Å². The fourth-order valence-electron chi connectivity index (χ4n) is 2.83. The van der Waals surface area contributed by atoms with Crippen molar-refractivity contribution in [2.24, 2.45) is 0 Å². The van der Waals surface area contributed by atoms with Crippen molar-refractivity contribution >= 4 is 0 Å². The van der Waals surface area contributed by atoms with Gasteiger partial charge in [-0.1, -0.05) is 55.7 Å². The third-order valence-corrected chi connectivity index (χ3v) is 4.98. The Balaban J connectivity index is 2.22. The first-order valence-electron chi connectivity index (χ1n) is 10.3. The molecule has 0 bridgehead atoms. The number of ether oxygens (including phenoxy) is 1. The molecule has 0 radical (unpaired) electrons. The first-order valence-corrected chi connectivity index (χ1v) is 10.3. The molecule has 1 fully saturated rings. The molecule has 0 aliphatic heterocycles. The van der Waals surface area contributed by atoms with Crippen LogP contribution < -0.4 is 0 Å². The van der Waals surface area contributed by atoms with Crippen LogP contribution in [0.15, 0.2) is 34.9 Å². The minimum Gasteiger partial charge on any atom is -0.378 e. The van der Waals surface area contributed by atoms with Crippen LogP contribution in [-0.4, -0.2) is 12.7 Å². The summed E-state index contributed by atoms with van der Waals surface area (Å²) < 4.78 is 5.71. The van der Waals surface area contributed by atoms with Crippen molar-refractivity contribution in [1.29, 1.82) is 0 Å². The lowest BCUT2D eigenvalue weighted by atomic mass is 10.0. The summed E-state index contributed by atoms with van der Waals surface area (Å²) >= 11 is 0. The van der Waals surface area contributed by atoms with Crippen LogP contribution in [0.2, 0.25) is 0 Å². The van der Waals surface area contributed by atoms with E-state index in [4.69, 9.17) is 4.74 Å². The Morgan fingerprint density at radius 2 is 1.42 bits per heavy atom. The Morgan fingerprint density at radius 3 is 1.96 bits per heavy atom. The highest BCUT2D eigenvalue weighted by Gasteiger charge is 2.21. The van der Waals surface area contributed by atoms with E-state index in [-0.39, 0.29) is 0 Å². The van der Waals surface area contributed by atoms with Gasteiger partial charge >= 0.3 is 0 Å². The van der Waals surface area contributed by atoms with Crippen molar-refractivity contribution in [1.82, 2.24) is 0 Å². The van der Waals surface area contributed by atoms with Gasteiger partial charge in [-0.2, -0.15) is 0 Å². The maximum absolute atomic E-state index is 5.71. The van der Waals surface area contributed by atoms with Crippen molar-refractivity contribution in [2.45, 2.75) is 104 Å². The maximum Gasteiger partial charge on any atom is 0.0577 e. The fourth-order valence-corrected chi connectivity index (χ4v) is 2.83. The van der Waals surface area contributed by atoms with Gasteiger partial charge in [-0.05, 0) is 77.6 Å². The van der Waals surface area contributed by atoms with Crippen LogP contribution in [0.1, 0.15) is 98.3 Å². The molecule has 24 heavy (non-hydrogen) atoms. The van der Waals surface area contributed by atoms with E-state index >= 15 is 0 Å². The maximum atomic E-state index is 5.71. The molecule has 0 atom stereocenters. The molecule has 1 aliphatic rings. The zero-order valence-corrected chi connectivity index (χ0v) is 16.7. The SMILES string of the molecule is CCC(C)=CCCC(=CCCC(=CCCCOC1CC1)CC)CC. The lowest BCUT2D eigenvalue weighted by molar-refractivity contribution is 0.118. The van der Waals surface area contributed by atoms with Gasteiger partial charge in [0.15, 0.2) is 0 Å². The lowest BCUT2D eigenvalue weighted by Gasteiger charge is -2.06. The van der Waals surface area contributed by atoms with Gasteiger partial charge in [0.25, 0.3) is 0 Å². The number of hydrogen-bond acceptors (Lipinski definition) is 1. The summed E-state index contributed by atoms with van der Waals surface area (Å²) in [6, 6.07) is 0. The number of rotatable bonds is 14. The zero-order valence-electron chi connectivity index (χ0n) is 16.7. The Bertz CT molecular complexity index is 410. The Kier molecular flexibility index (Phi) is 11.9. The summed E-state index contributed by atoms with van der Waals surface area (Å²) in [4.78, 5) is 0. The molecule has 1 nitrogen and oxygen atoms in total. The molecule has 1 rings (SSSR count). The van der Waals surface area contributed by atoms with E-state index in [0.717, 1.165) is 6.61 Å². The topological polar surface area (TPSA) is 9.23 Å². The number of hydrogen-bond donors (Lipinski definition) is 0. The monoisotopic (exact) mass is 332 g/mol. The standard InChI is InChI=1S/C23H40O/c1-5-20(4)12-10-14-22(7-3)16-11-15-21(6-2)13-8-9-19-24-23-17-18-23/h12-13,16,23H,5-11,14-15,17-19H2,1-4H3. The molecule has 1 heteroatoms. The molecule has 0 unspecified atom stereocenters. The van der Waals surface area contributed by atoms with E-state index < -0.39 is 0 Å². The second-order valence-electron chi connectivity index (χ2n) is 7.13. The highest BCUT2D eigenvalue weighted by molar-refractivity contribution is 5.08.